The van der Waals surface area contributed by atoms with E-state index in [9.17, 15) is 4.79 Å². The van der Waals surface area contributed by atoms with Crippen LogP contribution in [0.1, 0.15) is 11.1 Å². The minimum Gasteiger partial charge on any atom is -0.268 e. The van der Waals surface area contributed by atoms with Crippen LogP contribution in [0.4, 0.5) is 0 Å². The van der Waals surface area contributed by atoms with Crippen molar-refractivity contribution in [1.29, 1.82) is 0 Å². The Hall–Kier alpha value is -0.480. The standard InChI is InChI=1S/C10H6Cl3NOS/c11-7-3-1-2-6(9(7)12)10(13)14-8(15)4-5-16-14/h1-5,10H. The van der Waals surface area contributed by atoms with Crippen molar-refractivity contribution >= 4 is 46.3 Å². The molecule has 0 saturated carbocycles. The maximum Gasteiger partial charge on any atom is 0.262 e. The molecule has 1 aromatic carbocycles. The highest BCUT2D eigenvalue weighted by Gasteiger charge is 2.17. The summed E-state index contributed by atoms with van der Waals surface area (Å²) in [6.45, 7) is 0. The van der Waals surface area contributed by atoms with Crippen molar-refractivity contribution in [2.45, 2.75) is 5.50 Å². The van der Waals surface area contributed by atoms with Gasteiger partial charge in [-0.3, -0.25) is 4.79 Å². The summed E-state index contributed by atoms with van der Waals surface area (Å²) in [5, 5.41) is 2.48. The van der Waals surface area contributed by atoms with Crippen LogP contribution in [0.25, 0.3) is 0 Å². The summed E-state index contributed by atoms with van der Waals surface area (Å²) >= 11 is 19.3. The van der Waals surface area contributed by atoms with E-state index in [4.69, 9.17) is 34.8 Å². The fourth-order valence-corrected chi connectivity index (χ4v) is 2.85. The van der Waals surface area contributed by atoms with Crippen molar-refractivity contribution in [3.05, 3.63) is 55.6 Å². The fraction of sp³-hybridized carbons (Fsp3) is 0.100. The summed E-state index contributed by atoms with van der Waals surface area (Å²) in [5.41, 5.74) is -0.153. The van der Waals surface area contributed by atoms with E-state index in [-0.39, 0.29) is 5.56 Å². The zero-order valence-corrected chi connectivity index (χ0v) is 10.9. The number of alkyl halides is 1. The molecule has 0 aliphatic rings. The van der Waals surface area contributed by atoms with Gasteiger partial charge in [0.2, 0.25) is 0 Å². The summed E-state index contributed by atoms with van der Waals surface area (Å²) in [6, 6.07) is 6.63. The maximum atomic E-state index is 11.4. The van der Waals surface area contributed by atoms with Crippen LogP contribution in [0, 0.1) is 0 Å². The average Bonchev–Trinajstić information content (AvgIpc) is 2.68. The molecular formula is C10H6Cl3NOS. The third kappa shape index (κ3) is 2.13. The molecule has 0 aliphatic heterocycles. The van der Waals surface area contributed by atoms with E-state index in [2.05, 4.69) is 0 Å². The molecule has 84 valence electrons. The van der Waals surface area contributed by atoms with E-state index in [0.717, 1.165) is 0 Å². The van der Waals surface area contributed by atoms with Crippen molar-refractivity contribution in [3.8, 4) is 0 Å². The van der Waals surface area contributed by atoms with Gasteiger partial charge in [0.25, 0.3) is 5.56 Å². The van der Waals surface area contributed by atoms with E-state index >= 15 is 0 Å². The summed E-state index contributed by atoms with van der Waals surface area (Å²) in [6.07, 6.45) is 0. The van der Waals surface area contributed by atoms with E-state index in [1.165, 1.54) is 21.6 Å². The Kier molecular flexibility index (Phi) is 3.60. The van der Waals surface area contributed by atoms with Gasteiger partial charge in [-0.05, 0) is 6.07 Å². The van der Waals surface area contributed by atoms with Crippen LogP contribution >= 0.6 is 46.3 Å². The number of hydrogen-bond donors (Lipinski definition) is 0. The van der Waals surface area contributed by atoms with Crippen molar-refractivity contribution in [3.63, 3.8) is 0 Å². The first kappa shape index (κ1) is 12.0. The predicted molar refractivity (Wildman–Crippen MR) is 69.0 cm³/mol. The zero-order chi connectivity index (χ0) is 11.7. The minimum absolute atomic E-state index is 0.152. The lowest BCUT2D eigenvalue weighted by molar-refractivity contribution is 0.814. The molecule has 2 aromatic rings. The van der Waals surface area contributed by atoms with E-state index in [1.54, 1.807) is 23.6 Å². The summed E-state index contributed by atoms with van der Waals surface area (Å²) in [4.78, 5) is 11.4. The summed E-state index contributed by atoms with van der Waals surface area (Å²) < 4.78 is 1.43. The minimum atomic E-state index is -0.626. The van der Waals surface area contributed by atoms with Crippen molar-refractivity contribution in [1.82, 2.24) is 3.96 Å². The van der Waals surface area contributed by atoms with Gasteiger partial charge < -0.3 is 0 Å². The van der Waals surface area contributed by atoms with E-state index < -0.39 is 5.50 Å². The Morgan fingerprint density at radius 1 is 1.25 bits per heavy atom. The highest BCUT2D eigenvalue weighted by molar-refractivity contribution is 7.04. The average molecular weight is 295 g/mol. The molecule has 0 radical (unpaired) electrons. The smallest absolute Gasteiger partial charge is 0.262 e. The first-order chi connectivity index (χ1) is 7.61. The van der Waals surface area contributed by atoms with Crippen molar-refractivity contribution in [2.75, 3.05) is 0 Å². The summed E-state index contributed by atoms with van der Waals surface area (Å²) in [5.74, 6) is 0. The molecule has 16 heavy (non-hydrogen) atoms. The third-order valence-electron chi connectivity index (χ3n) is 2.05. The lowest BCUT2D eigenvalue weighted by Gasteiger charge is -2.12. The van der Waals surface area contributed by atoms with Gasteiger partial charge in [-0.1, -0.05) is 58.5 Å². The highest BCUT2D eigenvalue weighted by Crippen LogP contribution is 2.33. The second-order valence-corrected chi connectivity index (χ2v) is 5.13. The molecule has 2 rings (SSSR count). The molecule has 6 heteroatoms. The van der Waals surface area contributed by atoms with E-state index in [0.29, 0.717) is 15.6 Å². The largest absolute Gasteiger partial charge is 0.268 e. The number of nitrogens with zero attached hydrogens (tertiary/aromatic N) is 1. The van der Waals surface area contributed by atoms with Gasteiger partial charge in [0.1, 0.15) is 5.50 Å². The topological polar surface area (TPSA) is 22.0 Å². The second kappa shape index (κ2) is 4.80. The molecular weight excluding hydrogens is 289 g/mol. The van der Waals surface area contributed by atoms with Crippen LogP contribution in [-0.4, -0.2) is 3.96 Å². The summed E-state index contributed by atoms with van der Waals surface area (Å²) in [7, 11) is 0. The third-order valence-corrected chi connectivity index (χ3v) is 4.30. The highest BCUT2D eigenvalue weighted by atomic mass is 35.5. The molecule has 1 heterocycles. The van der Waals surface area contributed by atoms with Crippen LogP contribution in [-0.2, 0) is 0 Å². The van der Waals surface area contributed by atoms with Gasteiger partial charge in [-0.2, -0.15) is 0 Å². The molecule has 0 fully saturated rings. The van der Waals surface area contributed by atoms with Crippen LogP contribution in [0.3, 0.4) is 0 Å². The molecule has 0 amide bonds. The first-order valence-electron chi connectivity index (χ1n) is 4.36. The molecule has 0 spiro atoms. The lowest BCUT2D eigenvalue weighted by Crippen LogP contribution is -2.15. The molecule has 1 aromatic heterocycles. The SMILES string of the molecule is O=c1ccsn1C(Cl)c1cccc(Cl)c1Cl. The van der Waals surface area contributed by atoms with Crippen LogP contribution < -0.4 is 5.56 Å². The molecule has 0 bridgehead atoms. The number of halogens is 3. The quantitative estimate of drug-likeness (QED) is 0.767. The molecule has 0 N–H and O–H groups in total. The van der Waals surface area contributed by atoms with Crippen molar-refractivity contribution < 1.29 is 0 Å². The fourth-order valence-electron chi connectivity index (χ4n) is 1.28. The van der Waals surface area contributed by atoms with Crippen molar-refractivity contribution in [2.24, 2.45) is 0 Å². The van der Waals surface area contributed by atoms with Gasteiger partial charge in [0.15, 0.2) is 0 Å². The van der Waals surface area contributed by atoms with E-state index in [1.807, 2.05) is 0 Å². The zero-order valence-electron chi connectivity index (χ0n) is 7.86. The molecule has 1 unspecified atom stereocenters. The van der Waals surface area contributed by atoms with Crippen LogP contribution in [0.15, 0.2) is 34.4 Å². The van der Waals surface area contributed by atoms with Gasteiger partial charge in [0, 0.05) is 17.0 Å². The predicted octanol–water partition coefficient (Wildman–Crippen LogP) is 4.00. The Bertz CT molecular complexity index is 563. The molecule has 0 saturated heterocycles. The number of aromatic nitrogens is 1. The van der Waals surface area contributed by atoms with Crippen LogP contribution in [0.5, 0.6) is 0 Å². The Balaban J connectivity index is 2.50. The van der Waals surface area contributed by atoms with Gasteiger partial charge in [-0.25, -0.2) is 3.96 Å². The molecule has 0 aliphatic carbocycles. The Labute approximate surface area is 111 Å². The molecule has 1 atom stereocenters. The Morgan fingerprint density at radius 2 is 2.00 bits per heavy atom. The van der Waals surface area contributed by atoms with Crippen LogP contribution in [0.2, 0.25) is 10.0 Å². The number of rotatable bonds is 2. The normalized spacial score (nSPS) is 12.7. The number of benzene rings is 1. The van der Waals surface area contributed by atoms with Gasteiger partial charge in [0.05, 0.1) is 10.0 Å². The van der Waals surface area contributed by atoms with Gasteiger partial charge >= 0.3 is 0 Å². The number of hydrogen-bond acceptors (Lipinski definition) is 2. The second-order valence-electron chi connectivity index (χ2n) is 3.05. The van der Waals surface area contributed by atoms with Gasteiger partial charge in [-0.15, -0.1) is 0 Å². The monoisotopic (exact) mass is 293 g/mol. The Morgan fingerprint density at radius 3 is 2.62 bits per heavy atom. The first-order valence-corrected chi connectivity index (χ1v) is 6.38. The lowest BCUT2D eigenvalue weighted by atomic mass is 10.2. The maximum absolute atomic E-state index is 11.4. The molecule has 2 nitrogen and oxygen atoms in total.